The number of nitriles is 1. The highest BCUT2D eigenvalue weighted by atomic mass is 15.1. The van der Waals surface area contributed by atoms with Gasteiger partial charge in [-0.1, -0.05) is 24.3 Å². The zero-order chi connectivity index (χ0) is 13.4. The number of hydrogen-bond acceptors (Lipinski definition) is 3. The molecule has 0 aliphatic rings. The topological polar surface area (TPSA) is 53.0 Å². The molecule has 1 aromatic rings. The summed E-state index contributed by atoms with van der Waals surface area (Å²) in [6.07, 6.45) is 5.80. The Labute approximate surface area is 109 Å². The first kappa shape index (κ1) is 14.0. The molecule has 0 aliphatic heterocycles. The molecule has 0 unspecified atom stereocenters. The molecule has 1 rings (SSSR count). The molecule has 2 N–H and O–H groups in total. The van der Waals surface area contributed by atoms with Crippen LogP contribution in [0.5, 0.6) is 0 Å². The number of hydrogen-bond donors (Lipinski definition) is 1. The van der Waals surface area contributed by atoms with Gasteiger partial charge in [-0.2, -0.15) is 5.26 Å². The van der Waals surface area contributed by atoms with E-state index >= 15 is 0 Å². The van der Waals surface area contributed by atoms with Crippen molar-refractivity contribution >= 4 is 0 Å². The standard InChI is InChI=1S/C15H19N3/c1-3-4-5-15(17)12-18(2)11-14-8-6-13(10-16)7-9-14/h3-9H,11-12,17H2,1-2H3/b4-3-,15-5-. The van der Waals surface area contributed by atoms with Crippen LogP contribution in [0.15, 0.2) is 48.2 Å². The Morgan fingerprint density at radius 3 is 2.61 bits per heavy atom. The van der Waals surface area contributed by atoms with E-state index in [1.807, 2.05) is 56.5 Å². The Hall–Kier alpha value is -2.05. The lowest BCUT2D eigenvalue weighted by Gasteiger charge is -2.16. The van der Waals surface area contributed by atoms with Gasteiger partial charge in [-0.15, -0.1) is 0 Å². The van der Waals surface area contributed by atoms with Crippen molar-refractivity contribution in [1.82, 2.24) is 4.90 Å². The molecule has 0 spiro atoms. The van der Waals surface area contributed by atoms with Gasteiger partial charge in [0.15, 0.2) is 0 Å². The predicted molar refractivity (Wildman–Crippen MR) is 74.6 cm³/mol. The van der Waals surface area contributed by atoms with Crippen molar-refractivity contribution in [1.29, 1.82) is 5.26 Å². The number of rotatable bonds is 5. The molecule has 1 aromatic carbocycles. The van der Waals surface area contributed by atoms with E-state index in [0.717, 1.165) is 18.8 Å². The fourth-order valence-electron chi connectivity index (χ4n) is 1.64. The second kappa shape index (κ2) is 7.31. The Balaban J connectivity index is 2.54. The van der Waals surface area contributed by atoms with Crippen LogP contribution in [-0.2, 0) is 6.54 Å². The van der Waals surface area contributed by atoms with E-state index in [2.05, 4.69) is 11.0 Å². The zero-order valence-corrected chi connectivity index (χ0v) is 10.9. The molecule has 94 valence electrons. The van der Waals surface area contributed by atoms with Crippen LogP contribution in [0.4, 0.5) is 0 Å². The molecule has 0 bridgehead atoms. The summed E-state index contributed by atoms with van der Waals surface area (Å²) in [5, 5.41) is 8.72. The summed E-state index contributed by atoms with van der Waals surface area (Å²) >= 11 is 0. The van der Waals surface area contributed by atoms with Crippen molar-refractivity contribution in [3.63, 3.8) is 0 Å². The average molecular weight is 241 g/mol. The summed E-state index contributed by atoms with van der Waals surface area (Å²) < 4.78 is 0. The minimum atomic E-state index is 0.689. The highest BCUT2D eigenvalue weighted by molar-refractivity contribution is 5.31. The summed E-state index contributed by atoms with van der Waals surface area (Å²) in [6, 6.07) is 9.73. The minimum Gasteiger partial charge on any atom is -0.401 e. The fraction of sp³-hybridized carbons (Fsp3) is 0.267. The monoisotopic (exact) mass is 241 g/mol. The van der Waals surface area contributed by atoms with E-state index in [9.17, 15) is 0 Å². The summed E-state index contributed by atoms with van der Waals surface area (Å²) in [7, 11) is 2.02. The normalized spacial score (nSPS) is 12.0. The van der Waals surface area contributed by atoms with Gasteiger partial charge >= 0.3 is 0 Å². The third-order valence-corrected chi connectivity index (χ3v) is 2.49. The van der Waals surface area contributed by atoms with Gasteiger partial charge in [0, 0.05) is 18.8 Å². The van der Waals surface area contributed by atoms with Crippen LogP contribution >= 0.6 is 0 Å². The molecule has 0 amide bonds. The first-order valence-electron chi connectivity index (χ1n) is 5.90. The summed E-state index contributed by atoms with van der Waals surface area (Å²) in [6.45, 7) is 3.50. The average Bonchev–Trinajstić information content (AvgIpc) is 2.37. The molecule has 18 heavy (non-hydrogen) atoms. The predicted octanol–water partition coefficient (Wildman–Crippen LogP) is 2.41. The van der Waals surface area contributed by atoms with E-state index in [1.165, 1.54) is 5.56 Å². The first-order chi connectivity index (χ1) is 8.65. The van der Waals surface area contributed by atoms with Crippen LogP contribution in [0.25, 0.3) is 0 Å². The van der Waals surface area contributed by atoms with E-state index in [4.69, 9.17) is 11.0 Å². The van der Waals surface area contributed by atoms with Crippen LogP contribution in [0.2, 0.25) is 0 Å². The molecule has 3 heteroatoms. The summed E-state index contributed by atoms with van der Waals surface area (Å²) in [5.74, 6) is 0. The van der Waals surface area contributed by atoms with E-state index < -0.39 is 0 Å². The number of likely N-dealkylation sites (N-methyl/N-ethyl adjacent to an activating group) is 1. The number of nitrogens with zero attached hydrogens (tertiary/aromatic N) is 2. The second-order valence-corrected chi connectivity index (χ2v) is 4.25. The zero-order valence-electron chi connectivity index (χ0n) is 10.9. The van der Waals surface area contributed by atoms with Gasteiger partial charge in [0.05, 0.1) is 11.6 Å². The maximum atomic E-state index is 8.72. The smallest absolute Gasteiger partial charge is 0.0991 e. The second-order valence-electron chi connectivity index (χ2n) is 4.25. The lowest BCUT2D eigenvalue weighted by atomic mass is 10.1. The fourth-order valence-corrected chi connectivity index (χ4v) is 1.64. The third kappa shape index (κ3) is 4.86. The SMILES string of the molecule is C/C=C\C=C(/N)CN(C)Cc1ccc(C#N)cc1. The van der Waals surface area contributed by atoms with Gasteiger partial charge < -0.3 is 5.73 Å². The van der Waals surface area contributed by atoms with E-state index in [0.29, 0.717) is 5.56 Å². The van der Waals surface area contributed by atoms with Crippen LogP contribution in [0.1, 0.15) is 18.1 Å². The molecule has 3 nitrogen and oxygen atoms in total. The van der Waals surface area contributed by atoms with Crippen molar-refractivity contribution in [3.8, 4) is 6.07 Å². The highest BCUT2D eigenvalue weighted by Gasteiger charge is 2.01. The molecule has 0 saturated carbocycles. The molecule has 0 heterocycles. The van der Waals surface area contributed by atoms with Gasteiger partial charge in [0.2, 0.25) is 0 Å². The van der Waals surface area contributed by atoms with Crippen LogP contribution < -0.4 is 5.73 Å². The molecule has 0 aliphatic carbocycles. The number of allylic oxidation sites excluding steroid dienone is 3. The van der Waals surface area contributed by atoms with Crippen molar-refractivity contribution in [2.45, 2.75) is 13.5 Å². The van der Waals surface area contributed by atoms with Crippen molar-refractivity contribution in [2.24, 2.45) is 5.73 Å². The highest BCUT2D eigenvalue weighted by Crippen LogP contribution is 2.06. The van der Waals surface area contributed by atoms with E-state index in [-0.39, 0.29) is 0 Å². The summed E-state index contributed by atoms with van der Waals surface area (Å²) in [4.78, 5) is 2.14. The Kier molecular flexibility index (Phi) is 5.69. The minimum absolute atomic E-state index is 0.689. The van der Waals surface area contributed by atoms with Crippen molar-refractivity contribution < 1.29 is 0 Å². The lowest BCUT2D eigenvalue weighted by molar-refractivity contribution is 0.354. The molecular weight excluding hydrogens is 222 g/mol. The van der Waals surface area contributed by atoms with Gasteiger partial charge in [-0.25, -0.2) is 0 Å². The van der Waals surface area contributed by atoms with Crippen molar-refractivity contribution in [3.05, 3.63) is 59.3 Å². The quantitative estimate of drug-likeness (QED) is 0.805. The van der Waals surface area contributed by atoms with Crippen LogP contribution in [0.3, 0.4) is 0 Å². The number of nitrogens with two attached hydrogens (primary N) is 1. The molecular formula is C15H19N3. The van der Waals surface area contributed by atoms with Gasteiger partial charge in [0.1, 0.15) is 0 Å². The Bertz CT molecular complexity index is 464. The largest absolute Gasteiger partial charge is 0.401 e. The lowest BCUT2D eigenvalue weighted by Crippen LogP contribution is -2.23. The van der Waals surface area contributed by atoms with Gasteiger partial charge in [-0.05, 0) is 37.7 Å². The van der Waals surface area contributed by atoms with Crippen LogP contribution in [-0.4, -0.2) is 18.5 Å². The van der Waals surface area contributed by atoms with Crippen LogP contribution in [0, 0.1) is 11.3 Å². The molecule has 0 fully saturated rings. The maximum absolute atomic E-state index is 8.72. The van der Waals surface area contributed by atoms with Crippen molar-refractivity contribution in [2.75, 3.05) is 13.6 Å². The third-order valence-electron chi connectivity index (χ3n) is 2.49. The molecule has 0 saturated heterocycles. The van der Waals surface area contributed by atoms with Gasteiger partial charge in [0.25, 0.3) is 0 Å². The first-order valence-corrected chi connectivity index (χ1v) is 5.90. The maximum Gasteiger partial charge on any atom is 0.0991 e. The molecule has 0 aromatic heterocycles. The van der Waals surface area contributed by atoms with Gasteiger partial charge in [-0.3, -0.25) is 4.90 Å². The Morgan fingerprint density at radius 1 is 1.39 bits per heavy atom. The number of benzene rings is 1. The van der Waals surface area contributed by atoms with E-state index in [1.54, 1.807) is 0 Å². The molecule has 0 atom stereocenters. The summed E-state index contributed by atoms with van der Waals surface area (Å²) in [5.41, 5.74) is 8.59. The Morgan fingerprint density at radius 2 is 2.06 bits per heavy atom. The molecule has 0 radical (unpaired) electrons.